The molecule has 1 aromatic carbocycles. The predicted octanol–water partition coefficient (Wildman–Crippen LogP) is 5.36. The number of carbonyl (C=O) groups excluding carboxylic acids is 2. The van der Waals surface area contributed by atoms with Crippen molar-refractivity contribution >= 4 is 23.5 Å². The quantitative estimate of drug-likeness (QED) is 0.334. The molecule has 0 fully saturated rings. The lowest BCUT2D eigenvalue weighted by atomic mass is 10.1. The average molecular weight is 527 g/mol. The number of benzene rings is 1. The van der Waals surface area contributed by atoms with E-state index in [1.54, 1.807) is 18.2 Å². The standard InChI is InChI=1S/C28H35ClN4O4/c1-20-15-25(33(31-20)24-8-6-7-22(29)17-24)11-12-26(34)16-21-9-10-23(30-18-21)19-32(13-14-36-5)27(35)37-28(2,3)4/h6-10,15,17-18H,11-14,16,19H2,1-5H3. The highest BCUT2D eigenvalue weighted by Gasteiger charge is 2.22. The molecule has 0 spiro atoms. The number of aromatic nitrogens is 3. The van der Waals surface area contributed by atoms with E-state index in [4.69, 9.17) is 21.1 Å². The normalized spacial score (nSPS) is 11.4. The maximum atomic E-state index is 12.7. The smallest absolute Gasteiger partial charge is 0.410 e. The van der Waals surface area contributed by atoms with Gasteiger partial charge in [-0.2, -0.15) is 5.10 Å². The summed E-state index contributed by atoms with van der Waals surface area (Å²) in [5.74, 6) is 0.113. The van der Waals surface area contributed by atoms with Gasteiger partial charge in [0.15, 0.2) is 0 Å². The molecule has 0 unspecified atom stereocenters. The number of halogens is 1. The van der Waals surface area contributed by atoms with Crippen LogP contribution >= 0.6 is 11.6 Å². The third kappa shape index (κ3) is 8.98. The Balaban J connectivity index is 1.58. The third-order valence-electron chi connectivity index (χ3n) is 5.48. The minimum Gasteiger partial charge on any atom is -0.444 e. The zero-order valence-electron chi connectivity index (χ0n) is 22.2. The Bertz CT molecular complexity index is 1200. The zero-order valence-corrected chi connectivity index (χ0v) is 22.9. The summed E-state index contributed by atoms with van der Waals surface area (Å²) < 4.78 is 12.5. The molecule has 0 saturated carbocycles. The molecular formula is C28H35ClN4O4. The maximum Gasteiger partial charge on any atom is 0.410 e. The summed E-state index contributed by atoms with van der Waals surface area (Å²) in [6.45, 7) is 8.49. The van der Waals surface area contributed by atoms with Gasteiger partial charge in [-0.25, -0.2) is 9.48 Å². The number of Topliss-reactive ketones (excluding diaryl/α,β-unsaturated/α-hetero) is 1. The van der Waals surface area contributed by atoms with Crippen LogP contribution in [0.1, 0.15) is 49.8 Å². The van der Waals surface area contributed by atoms with Crippen LogP contribution < -0.4 is 0 Å². The Morgan fingerprint density at radius 3 is 2.57 bits per heavy atom. The van der Waals surface area contributed by atoms with Crippen molar-refractivity contribution in [1.29, 1.82) is 0 Å². The lowest BCUT2D eigenvalue weighted by Crippen LogP contribution is -2.38. The van der Waals surface area contributed by atoms with Crippen molar-refractivity contribution in [3.63, 3.8) is 0 Å². The van der Waals surface area contributed by atoms with E-state index in [0.717, 1.165) is 22.6 Å². The first-order chi connectivity index (χ1) is 17.5. The van der Waals surface area contributed by atoms with Crippen LogP contribution in [0.4, 0.5) is 4.79 Å². The van der Waals surface area contributed by atoms with Crippen molar-refractivity contribution in [3.05, 3.63) is 76.3 Å². The molecule has 0 aliphatic rings. The van der Waals surface area contributed by atoms with E-state index >= 15 is 0 Å². The number of pyridine rings is 1. The lowest BCUT2D eigenvalue weighted by molar-refractivity contribution is -0.118. The molecule has 0 aliphatic carbocycles. The first-order valence-corrected chi connectivity index (χ1v) is 12.7. The van der Waals surface area contributed by atoms with Crippen molar-refractivity contribution in [2.45, 2.75) is 59.1 Å². The van der Waals surface area contributed by atoms with Gasteiger partial charge in [-0.3, -0.25) is 14.7 Å². The highest BCUT2D eigenvalue weighted by atomic mass is 35.5. The minimum atomic E-state index is -0.593. The van der Waals surface area contributed by atoms with Crippen LogP contribution in [0.15, 0.2) is 48.7 Å². The van der Waals surface area contributed by atoms with Gasteiger partial charge in [0.25, 0.3) is 0 Å². The van der Waals surface area contributed by atoms with E-state index in [9.17, 15) is 9.59 Å². The molecule has 0 radical (unpaired) electrons. The number of hydrogen-bond acceptors (Lipinski definition) is 6. The van der Waals surface area contributed by atoms with Crippen molar-refractivity contribution in [2.75, 3.05) is 20.3 Å². The van der Waals surface area contributed by atoms with Gasteiger partial charge >= 0.3 is 6.09 Å². The highest BCUT2D eigenvalue weighted by molar-refractivity contribution is 6.30. The number of ketones is 1. The number of nitrogens with zero attached hydrogens (tertiary/aromatic N) is 4. The molecule has 198 valence electrons. The van der Waals surface area contributed by atoms with E-state index in [1.807, 2.05) is 74.8 Å². The fourth-order valence-corrected chi connectivity index (χ4v) is 3.94. The second-order valence-electron chi connectivity index (χ2n) is 9.94. The molecule has 3 aromatic rings. The summed E-state index contributed by atoms with van der Waals surface area (Å²) in [4.78, 5) is 31.3. The number of aryl methyl sites for hydroxylation is 2. The van der Waals surface area contributed by atoms with Gasteiger partial charge in [-0.05, 0) is 70.0 Å². The van der Waals surface area contributed by atoms with Gasteiger partial charge in [0.05, 0.1) is 30.2 Å². The van der Waals surface area contributed by atoms with Crippen LogP contribution in [0.2, 0.25) is 5.02 Å². The molecule has 37 heavy (non-hydrogen) atoms. The number of hydrogen-bond donors (Lipinski definition) is 0. The molecule has 0 aliphatic heterocycles. The van der Waals surface area contributed by atoms with E-state index < -0.39 is 11.7 Å². The van der Waals surface area contributed by atoms with E-state index in [-0.39, 0.29) is 12.2 Å². The van der Waals surface area contributed by atoms with Gasteiger partial charge in [-0.15, -0.1) is 0 Å². The van der Waals surface area contributed by atoms with E-state index in [1.165, 1.54) is 0 Å². The molecule has 3 rings (SSSR count). The first-order valence-electron chi connectivity index (χ1n) is 12.3. The van der Waals surface area contributed by atoms with Crippen molar-refractivity contribution in [2.24, 2.45) is 0 Å². The average Bonchev–Trinajstić information content (AvgIpc) is 3.21. The van der Waals surface area contributed by atoms with Gasteiger partial charge in [-0.1, -0.05) is 23.7 Å². The van der Waals surface area contributed by atoms with E-state index in [0.29, 0.717) is 43.3 Å². The van der Waals surface area contributed by atoms with Crippen LogP contribution in [-0.4, -0.2) is 57.4 Å². The summed E-state index contributed by atoms with van der Waals surface area (Å²) in [5, 5.41) is 5.20. The Labute approximate surface area is 223 Å². The van der Waals surface area contributed by atoms with Crippen molar-refractivity contribution < 1.29 is 19.1 Å². The Morgan fingerprint density at radius 2 is 1.92 bits per heavy atom. The van der Waals surface area contributed by atoms with Crippen molar-refractivity contribution in [1.82, 2.24) is 19.7 Å². The molecule has 0 bridgehead atoms. The Morgan fingerprint density at radius 1 is 1.14 bits per heavy atom. The molecule has 8 nitrogen and oxygen atoms in total. The summed E-state index contributed by atoms with van der Waals surface area (Å²) in [5.41, 5.74) is 3.65. The van der Waals surface area contributed by atoms with Crippen LogP contribution in [0.3, 0.4) is 0 Å². The van der Waals surface area contributed by atoms with Gasteiger partial charge < -0.3 is 9.47 Å². The Hall–Kier alpha value is -3.23. The van der Waals surface area contributed by atoms with Crippen molar-refractivity contribution in [3.8, 4) is 5.69 Å². The highest BCUT2D eigenvalue weighted by Crippen LogP contribution is 2.19. The third-order valence-corrected chi connectivity index (χ3v) is 5.71. The fraction of sp³-hybridized carbons (Fsp3) is 0.429. The summed E-state index contributed by atoms with van der Waals surface area (Å²) in [7, 11) is 1.59. The van der Waals surface area contributed by atoms with Gasteiger partial charge in [0.2, 0.25) is 0 Å². The second-order valence-corrected chi connectivity index (χ2v) is 10.4. The summed E-state index contributed by atoms with van der Waals surface area (Å²) >= 11 is 6.14. The Kier molecular flexibility index (Phi) is 9.83. The number of methoxy groups -OCH3 is 1. The molecule has 2 aromatic heterocycles. The molecule has 0 N–H and O–H groups in total. The first kappa shape index (κ1) is 28.3. The van der Waals surface area contributed by atoms with Crippen LogP contribution in [-0.2, 0) is 33.7 Å². The molecule has 1 amide bonds. The van der Waals surface area contributed by atoms with Gasteiger partial charge in [0.1, 0.15) is 11.4 Å². The minimum absolute atomic E-state index is 0.113. The summed E-state index contributed by atoms with van der Waals surface area (Å²) in [6.07, 6.45) is 2.52. The largest absolute Gasteiger partial charge is 0.444 e. The topological polar surface area (TPSA) is 86.5 Å². The van der Waals surface area contributed by atoms with Crippen LogP contribution in [0.25, 0.3) is 5.69 Å². The molecule has 2 heterocycles. The zero-order chi connectivity index (χ0) is 27.0. The second kappa shape index (κ2) is 12.8. The maximum absolute atomic E-state index is 12.7. The predicted molar refractivity (Wildman–Crippen MR) is 143 cm³/mol. The monoisotopic (exact) mass is 526 g/mol. The molecule has 0 atom stereocenters. The number of amides is 1. The molecular weight excluding hydrogens is 492 g/mol. The molecule has 0 saturated heterocycles. The SMILES string of the molecule is COCCN(Cc1ccc(CC(=O)CCc2cc(C)nn2-c2cccc(Cl)c2)cn1)C(=O)OC(C)(C)C. The van der Waals surface area contributed by atoms with Crippen LogP contribution in [0, 0.1) is 6.92 Å². The van der Waals surface area contributed by atoms with E-state index in [2.05, 4.69) is 10.1 Å². The lowest BCUT2D eigenvalue weighted by Gasteiger charge is -2.27. The number of rotatable bonds is 11. The molecule has 9 heteroatoms. The fourth-order valence-electron chi connectivity index (χ4n) is 3.76. The number of ether oxygens (including phenoxy) is 2. The summed E-state index contributed by atoms with van der Waals surface area (Å²) in [6, 6.07) is 13.2. The van der Waals surface area contributed by atoms with Gasteiger partial charge in [0, 0.05) is 43.4 Å². The van der Waals surface area contributed by atoms with Crippen LogP contribution in [0.5, 0.6) is 0 Å². The number of carbonyl (C=O) groups is 2.